The molecule has 1 atom stereocenters. The molecule has 6 heterocycles. The number of aromatic nitrogens is 4. The van der Waals surface area contributed by atoms with Crippen LogP contribution in [0.5, 0.6) is 0 Å². The van der Waals surface area contributed by atoms with Crippen LogP contribution < -0.4 is 5.73 Å². The number of hydrogen-bond donors (Lipinski definition) is 1. The highest BCUT2D eigenvalue weighted by Crippen LogP contribution is 2.49. The van der Waals surface area contributed by atoms with E-state index in [0.29, 0.717) is 52.7 Å². The predicted molar refractivity (Wildman–Crippen MR) is 133 cm³/mol. The first kappa shape index (κ1) is 22.5. The van der Waals surface area contributed by atoms with Crippen molar-refractivity contribution >= 4 is 23.2 Å². The van der Waals surface area contributed by atoms with E-state index in [4.69, 9.17) is 15.1 Å². The fourth-order valence-electron chi connectivity index (χ4n) is 5.10. The quantitative estimate of drug-likeness (QED) is 0.423. The fraction of sp³-hybridized carbons (Fsp3) is 0.308. The normalized spacial score (nSPS) is 16.4. The molecule has 1 unspecified atom stereocenters. The van der Waals surface area contributed by atoms with Gasteiger partial charge in [0.15, 0.2) is 0 Å². The van der Waals surface area contributed by atoms with E-state index in [-0.39, 0.29) is 11.9 Å². The van der Waals surface area contributed by atoms with Crippen LogP contribution in [0, 0.1) is 13.8 Å². The number of amides is 2. The number of carbonyl (C=O) groups is 2. The van der Waals surface area contributed by atoms with E-state index in [0.717, 1.165) is 40.4 Å². The summed E-state index contributed by atoms with van der Waals surface area (Å²) in [7, 11) is 0. The van der Waals surface area contributed by atoms with Gasteiger partial charge in [0.25, 0.3) is 11.8 Å². The van der Waals surface area contributed by atoms with Crippen LogP contribution in [0.1, 0.15) is 67.4 Å². The lowest BCUT2D eigenvalue weighted by atomic mass is 9.93. The summed E-state index contributed by atoms with van der Waals surface area (Å²) in [5.41, 5.74) is 11.0. The largest absolute Gasteiger partial charge is 0.421 e. The number of rotatable bonds is 6. The molecule has 2 aliphatic heterocycles. The molecule has 6 rings (SSSR count). The van der Waals surface area contributed by atoms with E-state index in [1.807, 2.05) is 36.2 Å². The maximum atomic E-state index is 13.6. The fourth-order valence-corrected chi connectivity index (χ4v) is 6.02. The molecule has 4 aromatic rings. The number of fused-ring (bicyclic) bond motifs is 3. The van der Waals surface area contributed by atoms with E-state index < -0.39 is 5.91 Å². The van der Waals surface area contributed by atoms with Crippen molar-refractivity contribution in [2.45, 2.75) is 45.6 Å². The second-order valence-electron chi connectivity index (χ2n) is 9.21. The summed E-state index contributed by atoms with van der Waals surface area (Å²) in [4.78, 5) is 38.3. The van der Waals surface area contributed by atoms with Crippen LogP contribution in [-0.4, -0.2) is 43.4 Å². The summed E-state index contributed by atoms with van der Waals surface area (Å²) in [6.07, 6.45) is 4.91. The highest BCUT2D eigenvalue weighted by molar-refractivity contribution is 7.17. The van der Waals surface area contributed by atoms with E-state index in [1.54, 1.807) is 13.0 Å². The molecule has 2 amide bonds. The summed E-state index contributed by atoms with van der Waals surface area (Å²) >= 11 is 1.26. The van der Waals surface area contributed by atoms with Crippen molar-refractivity contribution in [2.24, 2.45) is 5.73 Å². The third-order valence-electron chi connectivity index (χ3n) is 6.77. The standard InChI is InChI=1S/C26H24N6O3S/c1-13-5-6-15(28-12-13)7-8-16-20(25-31-30-14(2)35-25)21(18-9-10-19(36-18)24(27)33)22-23(29-16)17-4-3-11-32(17)26(22)34/h5-6,9-10,12,17H,3-4,7-8,11H2,1-2H3,(H2,27,33). The molecular weight excluding hydrogens is 476 g/mol. The molecule has 1 fully saturated rings. The average molecular weight is 501 g/mol. The van der Waals surface area contributed by atoms with Gasteiger partial charge >= 0.3 is 0 Å². The number of carbonyl (C=O) groups excluding carboxylic acids is 2. The smallest absolute Gasteiger partial charge is 0.258 e. The van der Waals surface area contributed by atoms with E-state index in [9.17, 15) is 9.59 Å². The van der Waals surface area contributed by atoms with Crippen LogP contribution in [0.15, 0.2) is 34.9 Å². The lowest BCUT2D eigenvalue weighted by Gasteiger charge is -2.16. The van der Waals surface area contributed by atoms with E-state index in [1.165, 1.54) is 11.3 Å². The van der Waals surface area contributed by atoms with Crippen LogP contribution in [0.25, 0.3) is 21.9 Å². The second-order valence-corrected chi connectivity index (χ2v) is 10.3. The van der Waals surface area contributed by atoms with Crippen molar-refractivity contribution in [2.75, 3.05) is 6.54 Å². The molecule has 0 saturated carbocycles. The minimum Gasteiger partial charge on any atom is -0.421 e. The van der Waals surface area contributed by atoms with Crippen molar-refractivity contribution in [1.29, 1.82) is 0 Å². The highest BCUT2D eigenvalue weighted by Gasteiger charge is 2.44. The molecule has 1 saturated heterocycles. The average Bonchev–Trinajstić information content (AvgIpc) is 3.65. The van der Waals surface area contributed by atoms with Crippen molar-refractivity contribution in [3.63, 3.8) is 0 Å². The Morgan fingerprint density at radius 1 is 1.14 bits per heavy atom. The Balaban J connectivity index is 1.58. The first-order valence-corrected chi connectivity index (χ1v) is 12.7. The Labute approximate surface area is 211 Å². The minimum atomic E-state index is -0.509. The lowest BCUT2D eigenvalue weighted by Crippen LogP contribution is -2.22. The van der Waals surface area contributed by atoms with Crippen molar-refractivity contribution in [1.82, 2.24) is 25.1 Å². The Morgan fingerprint density at radius 2 is 2.00 bits per heavy atom. The number of primary amides is 1. The van der Waals surface area contributed by atoms with Gasteiger partial charge in [-0.3, -0.25) is 19.6 Å². The number of pyridine rings is 2. The molecule has 10 heteroatoms. The molecule has 0 aliphatic carbocycles. The minimum absolute atomic E-state index is 0.0449. The number of nitrogens with zero attached hydrogens (tertiary/aromatic N) is 5. The van der Waals surface area contributed by atoms with Gasteiger partial charge in [-0.2, -0.15) is 0 Å². The maximum Gasteiger partial charge on any atom is 0.258 e. The summed E-state index contributed by atoms with van der Waals surface area (Å²) in [6, 6.07) is 7.53. The summed E-state index contributed by atoms with van der Waals surface area (Å²) in [5, 5.41) is 8.36. The van der Waals surface area contributed by atoms with Gasteiger partial charge in [-0.15, -0.1) is 21.5 Å². The number of aryl methyl sites for hydroxylation is 4. The predicted octanol–water partition coefficient (Wildman–Crippen LogP) is 4.05. The topological polar surface area (TPSA) is 128 Å². The molecule has 182 valence electrons. The molecular formula is C26H24N6O3S. The maximum absolute atomic E-state index is 13.6. The molecule has 2 N–H and O–H groups in total. The zero-order valence-corrected chi connectivity index (χ0v) is 20.8. The van der Waals surface area contributed by atoms with Gasteiger partial charge in [0.05, 0.1) is 33.4 Å². The van der Waals surface area contributed by atoms with Crippen LogP contribution in [0.2, 0.25) is 0 Å². The summed E-state index contributed by atoms with van der Waals surface area (Å²) in [5.74, 6) is 0.162. The first-order valence-electron chi connectivity index (χ1n) is 11.9. The van der Waals surface area contributed by atoms with E-state index >= 15 is 0 Å². The van der Waals surface area contributed by atoms with Crippen LogP contribution in [0.4, 0.5) is 0 Å². The molecule has 2 aliphatic rings. The zero-order chi connectivity index (χ0) is 25.0. The SMILES string of the molecule is Cc1ccc(CCc2nc3c(c(-c4ccc(C(N)=O)s4)c2-c2nnc(C)o2)C(=O)N2CCCC32)nc1. The lowest BCUT2D eigenvalue weighted by molar-refractivity contribution is 0.0776. The van der Waals surface area contributed by atoms with Crippen molar-refractivity contribution < 1.29 is 14.0 Å². The van der Waals surface area contributed by atoms with Crippen molar-refractivity contribution in [3.8, 4) is 21.9 Å². The third-order valence-corrected chi connectivity index (χ3v) is 7.89. The van der Waals surface area contributed by atoms with Gasteiger partial charge in [0.1, 0.15) is 0 Å². The number of nitrogens with two attached hydrogens (primary N) is 1. The second kappa shape index (κ2) is 8.63. The Kier molecular flexibility index (Phi) is 5.40. The Hall–Kier alpha value is -3.92. The molecule has 0 aromatic carbocycles. The van der Waals surface area contributed by atoms with Gasteiger partial charge in [-0.25, -0.2) is 0 Å². The highest BCUT2D eigenvalue weighted by atomic mass is 32.1. The third kappa shape index (κ3) is 3.69. The van der Waals surface area contributed by atoms with Gasteiger partial charge in [-0.1, -0.05) is 6.07 Å². The Morgan fingerprint density at radius 3 is 2.69 bits per heavy atom. The molecule has 4 aromatic heterocycles. The molecule has 0 radical (unpaired) electrons. The van der Waals surface area contributed by atoms with Crippen LogP contribution in [-0.2, 0) is 12.8 Å². The molecule has 36 heavy (non-hydrogen) atoms. The van der Waals surface area contributed by atoms with Gasteiger partial charge in [0.2, 0.25) is 11.8 Å². The molecule has 0 spiro atoms. The zero-order valence-electron chi connectivity index (χ0n) is 19.9. The van der Waals surface area contributed by atoms with Crippen LogP contribution >= 0.6 is 11.3 Å². The molecule has 9 nitrogen and oxygen atoms in total. The van der Waals surface area contributed by atoms with Gasteiger partial charge in [0, 0.05) is 35.8 Å². The molecule has 0 bridgehead atoms. The van der Waals surface area contributed by atoms with Gasteiger partial charge in [-0.05, 0) is 56.4 Å². The number of hydrogen-bond acceptors (Lipinski definition) is 8. The monoisotopic (exact) mass is 500 g/mol. The van der Waals surface area contributed by atoms with Crippen molar-refractivity contribution in [3.05, 3.63) is 69.4 Å². The Bertz CT molecular complexity index is 1510. The summed E-state index contributed by atoms with van der Waals surface area (Å²) < 4.78 is 5.89. The van der Waals surface area contributed by atoms with E-state index in [2.05, 4.69) is 15.2 Å². The first-order chi connectivity index (χ1) is 17.4. The number of thiophene rings is 1. The van der Waals surface area contributed by atoms with Crippen LogP contribution in [0.3, 0.4) is 0 Å². The van der Waals surface area contributed by atoms with Gasteiger partial charge < -0.3 is 15.1 Å². The summed E-state index contributed by atoms with van der Waals surface area (Å²) in [6.45, 7) is 4.44.